The Morgan fingerprint density at radius 3 is 2.58 bits per heavy atom. The maximum Gasteiger partial charge on any atom is 0.0612 e. The molecule has 12 heavy (non-hydrogen) atoms. The predicted molar refractivity (Wildman–Crippen MR) is 54.1 cm³/mol. The van der Waals surface area contributed by atoms with E-state index in [1.54, 1.807) is 0 Å². The lowest BCUT2D eigenvalue weighted by molar-refractivity contribution is 0.341. The van der Waals surface area contributed by atoms with Crippen LogP contribution < -0.4 is 0 Å². The number of rotatable bonds is 5. The maximum atomic E-state index is 8.53. The Bertz CT molecular complexity index is 152. The molecule has 1 N–H and O–H groups in total. The molecular weight excluding hydrogens is 148 g/mol. The van der Waals surface area contributed by atoms with Gasteiger partial charge in [0.2, 0.25) is 0 Å². The molecule has 0 saturated heterocycles. The summed E-state index contributed by atoms with van der Waals surface area (Å²) in [5.74, 6) is 0.577. The highest BCUT2D eigenvalue weighted by Gasteiger charge is 1.93. The van der Waals surface area contributed by atoms with E-state index < -0.39 is 0 Å². The van der Waals surface area contributed by atoms with Crippen LogP contribution in [0, 0.1) is 5.92 Å². The summed E-state index contributed by atoms with van der Waals surface area (Å²) < 4.78 is 0. The largest absolute Gasteiger partial charge is 0.392 e. The normalized spacial score (nSPS) is 13.3. The SMILES string of the molecule is CC(C)=CCCC(C)/C=C/CO. The molecule has 0 aromatic rings. The molecule has 0 fully saturated rings. The van der Waals surface area contributed by atoms with Crippen molar-refractivity contribution < 1.29 is 5.11 Å². The van der Waals surface area contributed by atoms with Crippen molar-refractivity contribution in [1.82, 2.24) is 0 Å². The molecule has 1 atom stereocenters. The Morgan fingerprint density at radius 1 is 1.42 bits per heavy atom. The van der Waals surface area contributed by atoms with E-state index in [4.69, 9.17) is 5.11 Å². The van der Waals surface area contributed by atoms with Crippen molar-refractivity contribution in [3.63, 3.8) is 0 Å². The van der Waals surface area contributed by atoms with Crippen molar-refractivity contribution >= 4 is 0 Å². The molecule has 0 aromatic carbocycles. The molecule has 1 heteroatoms. The van der Waals surface area contributed by atoms with E-state index in [0.717, 1.165) is 6.42 Å². The molecule has 0 heterocycles. The summed E-state index contributed by atoms with van der Waals surface area (Å²) in [6.07, 6.45) is 8.44. The van der Waals surface area contributed by atoms with Gasteiger partial charge in [-0.1, -0.05) is 30.7 Å². The molecule has 70 valence electrons. The molecule has 0 saturated carbocycles. The van der Waals surface area contributed by atoms with Crippen molar-refractivity contribution in [3.8, 4) is 0 Å². The second-order valence-corrected chi connectivity index (χ2v) is 3.45. The van der Waals surface area contributed by atoms with E-state index in [9.17, 15) is 0 Å². The molecule has 1 unspecified atom stereocenters. The fourth-order valence-corrected chi connectivity index (χ4v) is 1.02. The van der Waals surface area contributed by atoms with Gasteiger partial charge in [-0.15, -0.1) is 0 Å². The Hall–Kier alpha value is -0.560. The van der Waals surface area contributed by atoms with Gasteiger partial charge in [-0.25, -0.2) is 0 Å². The van der Waals surface area contributed by atoms with E-state index in [0.29, 0.717) is 5.92 Å². The van der Waals surface area contributed by atoms with Crippen LogP contribution in [0.25, 0.3) is 0 Å². The summed E-state index contributed by atoms with van der Waals surface area (Å²) in [7, 11) is 0. The average Bonchev–Trinajstić information content (AvgIpc) is 2.00. The molecule has 0 aliphatic rings. The van der Waals surface area contributed by atoms with Crippen molar-refractivity contribution in [2.75, 3.05) is 6.61 Å². The van der Waals surface area contributed by atoms with Gasteiger partial charge in [-0.3, -0.25) is 0 Å². The monoisotopic (exact) mass is 168 g/mol. The van der Waals surface area contributed by atoms with Crippen LogP contribution in [0.2, 0.25) is 0 Å². The maximum absolute atomic E-state index is 8.53. The zero-order valence-electron chi connectivity index (χ0n) is 8.38. The summed E-state index contributed by atoms with van der Waals surface area (Å²) in [4.78, 5) is 0. The lowest BCUT2D eigenvalue weighted by Gasteiger charge is -2.02. The van der Waals surface area contributed by atoms with Crippen LogP contribution in [0.15, 0.2) is 23.8 Å². The van der Waals surface area contributed by atoms with Gasteiger partial charge in [-0.05, 0) is 32.6 Å². The van der Waals surface area contributed by atoms with Gasteiger partial charge >= 0.3 is 0 Å². The van der Waals surface area contributed by atoms with Crippen LogP contribution in [-0.4, -0.2) is 11.7 Å². The van der Waals surface area contributed by atoms with Crippen LogP contribution >= 0.6 is 0 Å². The summed E-state index contributed by atoms with van der Waals surface area (Å²) in [5, 5.41) is 8.53. The highest BCUT2D eigenvalue weighted by atomic mass is 16.2. The van der Waals surface area contributed by atoms with Gasteiger partial charge < -0.3 is 5.11 Å². The summed E-state index contributed by atoms with van der Waals surface area (Å²) in [6, 6.07) is 0. The first-order chi connectivity index (χ1) is 5.66. The van der Waals surface area contributed by atoms with E-state index in [-0.39, 0.29) is 6.61 Å². The predicted octanol–water partition coefficient (Wildman–Crippen LogP) is 2.92. The number of aliphatic hydroxyl groups excluding tert-OH is 1. The van der Waals surface area contributed by atoms with Crippen molar-refractivity contribution in [3.05, 3.63) is 23.8 Å². The summed E-state index contributed by atoms with van der Waals surface area (Å²) in [6.45, 7) is 6.57. The summed E-state index contributed by atoms with van der Waals surface area (Å²) >= 11 is 0. The third kappa shape index (κ3) is 7.55. The van der Waals surface area contributed by atoms with E-state index in [2.05, 4.69) is 32.9 Å². The quantitative estimate of drug-likeness (QED) is 0.626. The van der Waals surface area contributed by atoms with Gasteiger partial charge in [-0.2, -0.15) is 0 Å². The number of allylic oxidation sites excluding steroid dienone is 3. The van der Waals surface area contributed by atoms with Crippen LogP contribution in [0.1, 0.15) is 33.6 Å². The van der Waals surface area contributed by atoms with E-state index >= 15 is 0 Å². The molecule has 0 aromatic heterocycles. The Balaban J connectivity index is 3.50. The average molecular weight is 168 g/mol. The molecule has 0 radical (unpaired) electrons. The molecule has 1 nitrogen and oxygen atoms in total. The molecule has 0 amide bonds. The molecule has 0 rings (SSSR count). The molecule has 0 bridgehead atoms. The minimum Gasteiger partial charge on any atom is -0.392 e. The fraction of sp³-hybridized carbons (Fsp3) is 0.636. The zero-order valence-corrected chi connectivity index (χ0v) is 8.38. The third-order valence-electron chi connectivity index (χ3n) is 1.74. The Morgan fingerprint density at radius 2 is 2.08 bits per heavy atom. The summed E-state index contributed by atoms with van der Waals surface area (Å²) in [5.41, 5.74) is 1.38. The van der Waals surface area contributed by atoms with Gasteiger partial charge in [0.1, 0.15) is 0 Å². The van der Waals surface area contributed by atoms with Crippen molar-refractivity contribution in [2.45, 2.75) is 33.6 Å². The van der Waals surface area contributed by atoms with E-state index in [1.165, 1.54) is 12.0 Å². The molecule has 0 aliphatic carbocycles. The smallest absolute Gasteiger partial charge is 0.0612 e. The highest BCUT2D eigenvalue weighted by Crippen LogP contribution is 2.08. The highest BCUT2D eigenvalue weighted by molar-refractivity contribution is 4.94. The lowest BCUT2D eigenvalue weighted by Crippen LogP contribution is -1.88. The standard InChI is InChI=1S/C11H20O/c1-10(2)6-4-7-11(3)8-5-9-12/h5-6,8,11-12H,4,7,9H2,1-3H3/b8-5+. The van der Waals surface area contributed by atoms with Gasteiger partial charge in [0.25, 0.3) is 0 Å². The zero-order chi connectivity index (χ0) is 9.40. The third-order valence-corrected chi connectivity index (χ3v) is 1.74. The second-order valence-electron chi connectivity index (χ2n) is 3.45. The number of hydrogen-bond donors (Lipinski definition) is 1. The van der Waals surface area contributed by atoms with Crippen LogP contribution in [0.5, 0.6) is 0 Å². The van der Waals surface area contributed by atoms with Gasteiger partial charge in [0, 0.05) is 0 Å². The van der Waals surface area contributed by atoms with Crippen LogP contribution in [-0.2, 0) is 0 Å². The fourth-order valence-electron chi connectivity index (χ4n) is 1.02. The Kier molecular flexibility index (Phi) is 6.78. The van der Waals surface area contributed by atoms with Crippen LogP contribution in [0.4, 0.5) is 0 Å². The van der Waals surface area contributed by atoms with Gasteiger partial charge in [0.15, 0.2) is 0 Å². The first-order valence-electron chi connectivity index (χ1n) is 4.57. The minimum atomic E-state index is 0.160. The van der Waals surface area contributed by atoms with Crippen molar-refractivity contribution in [2.24, 2.45) is 5.92 Å². The number of hydrogen-bond acceptors (Lipinski definition) is 1. The first-order valence-corrected chi connectivity index (χ1v) is 4.57. The first kappa shape index (κ1) is 11.4. The second kappa shape index (κ2) is 7.11. The van der Waals surface area contributed by atoms with Gasteiger partial charge in [0.05, 0.1) is 6.61 Å². The molecule has 0 aliphatic heterocycles. The number of aliphatic hydroxyl groups is 1. The lowest BCUT2D eigenvalue weighted by atomic mass is 10.0. The van der Waals surface area contributed by atoms with E-state index in [1.807, 2.05) is 6.08 Å². The van der Waals surface area contributed by atoms with Crippen LogP contribution in [0.3, 0.4) is 0 Å². The molecular formula is C11H20O. The topological polar surface area (TPSA) is 20.2 Å². The molecule has 0 spiro atoms. The minimum absolute atomic E-state index is 0.160. The van der Waals surface area contributed by atoms with Crippen molar-refractivity contribution in [1.29, 1.82) is 0 Å². The Labute approximate surface area is 75.8 Å².